The van der Waals surface area contributed by atoms with Crippen molar-refractivity contribution in [2.75, 3.05) is 71.5 Å². The highest BCUT2D eigenvalue weighted by atomic mass is 16.5. The highest BCUT2D eigenvalue weighted by Gasteiger charge is 2.22. The van der Waals surface area contributed by atoms with E-state index >= 15 is 0 Å². The molecular formula is C25H35N5O2. The Morgan fingerprint density at radius 1 is 0.938 bits per heavy atom. The fourth-order valence-corrected chi connectivity index (χ4v) is 4.44. The number of hydrogen-bond donors (Lipinski definition) is 1. The number of para-hydroxylation sites is 2. The summed E-state index contributed by atoms with van der Waals surface area (Å²) < 4.78 is 11.0. The Balaban J connectivity index is 1.33. The average Bonchev–Trinajstić information content (AvgIpc) is 2.86. The summed E-state index contributed by atoms with van der Waals surface area (Å²) in [6.45, 7) is 9.13. The van der Waals surface area contributed by atoms with Crippen LogP contribution in [0, 0.1) is 0 Å². The molecule has 172 valence electrons. The molecule has 0 atom stereocenters. The second-order valence-electron chi connectivity index (χ2n) is 8.20. The van der Waals surface area contributed by atoms with E-state index in [0.29, 0.717) is 0 Å². The largest absolute Gasteiger partial charge is 0.495 e. The van der Waals surface area contributed by atoms with Crippen molar-refractivity contribution in [3.8, 4) is 5.75 Å². The number of piperazine rings is 1. The van der Waals surface area contributed by atoms with Gasteiger partial charge in [0.2, 0.25) is 0 Å². The summed E-state index contributed by atoms with van der Waals surface area (Å²) >= 11 is 0. The first-order valence-corrected chi connectivity index (χ1v) is 11.5. The molecule has 4 rings (SSSR count). The number of hydrogen-bond acceptors (Lipinski definition) is 5. The molecule has 0 spiro atoms. The molecule has 32 heavy (non-hydrogen) atoms. The number of guanidine groups is 1. The van der Waals surface area contributed by atoms with Crippen LogP contribution in [0.1, 0.15) is 11.1 Å². The van der Waals surface area contributed by atoms with Crippen LogP contribution >= 0.6 is 0 Å². The van der Waals surface area contributed by atoms with Crippen molar-refractivity contribution in [1.82, 2.24) is 15.1 Å². The van der Waals surface area contributed by atoms with E-state index in [4.69, 9.17) is 9.47 Å². The monoisotopic (exact) mass is 437 g/mol. The maximum absolute atomic E-state index is 5.55. The van der Waals surface area contributed by atoms with Gasteiger partial charge in [-0.3, -0.25) is 9.89 Å². The van der Waals surface area contributed by atoms with Crippen molar-refractivity contribution < 1.29 is 9.47 Å². The molecule has 7 nitrogen and oxygen atoms in total. The zero-order chi connectivity index (χ0) is 22.2. The Morgan fingerprint density at radius 3 is 2.34 bits per heavy atom. The van der Waals surface area contributed by atoms with Gasteiger partial charge in [0.05, 0.1) is 26.0 Å². The van der Waals surface area contributed by atoms with Crippen molar-refractivity contribution in [3.05, 3.63) is 59.7 Å². The third-order valence-corrected chi connectivity index (χ3v) is 6.27. The molecule has 0 radical (unpaired) electrons. The minimum absolute atomic E-state index is 0.778. The second kappa shape index (κ2) is 11.2. The molecule has 0 aromatic heterocycles. The molecule has 7 heteroatoms. The highest BCUT2D eigenvalue weighted by Crippen LogP contribution is 2.28. The van der Waals surface area contributed by atoms with Gasteiger partial charge in [-0.2, -0.15) is 0 Å². The zero-order valence-electron chi connectivity index (χ0n) is 19.3. The van der Waals surface area contributed by atoms with Crippen LogP contribution < -0.4 is 15.0 Å². The van der Waals surface area contributed by atoms with Crippen molar-refractivity contribution in [1.29, 1.82) is 0 Å². The summed E-state index contributed by atoms with van der Waals surface area (Å²) in [4.78, 5) is 11.8. The summed E-state index contributed by atoms with van der Waals surface area (Å²) in [6, 6.07) is 16.9. The lowest BCUT2D eigenvalue weighted by Crippen LogP contribution is -2.52. The van der Waals surface area contributed by atoms with E-state index in [0.717, 1.165) is 83.0 Å². The molecule has 2 aliphatic rings. The molecule has 0 bridgehead atoms. The van der Waals surface area contributed by atoms with Crippen molar-refractivity contribution in [2.24, 2.45) is 4.99 Å². The van der Waals surface area contributed by atoms with E-state index in [1.807, 2.05) is 19.2 Å². The van der Waals surface area contributed by atoms with Gasteiger partial charge in [-0.1, -0.05) is 36.4 Å². The van der Waals surface area contributed by atoms with Gasteiger partial charge in [0.25, 0.3) is 0 Å². The molecule has 2 aliphatic heterocycles. The third-order valence-electron chi connectivity index (χ3n) is 6.27. The predicted octanol–water partition coefficient (Wildman–Crippen LogP) is 2.42. The van der Waals surface area contributed by atoms with E-state index < -0.39 is 0 Å². The summed E-state index contributed by atoms with van der Waals surface area (Å²) in [5, 5.41) is 3.60. The van der Waals surface area contributed by atoms with E-state index in [9.17, 15) is 0 Å². The summed E-state index contributed by atoms with van der Waals surface area (Å²) in [5.41, 5.74) is 3.86. The highest BCUT2D eigenvalue weighted by molar-refractivity contribution is 5.80. The molecule has 2 fully saturated rings. The Hall–Kier alpha value is -2.77. The average molecular weight is 438 g/mol. The number of nitrogens with one attached hydrogen (secondary N) is 1. The number of morpholine rings is 1. The number of anilines is 1. The molecule has 2 aromatic rings. The van der Waals surface area contributed by atoms with E-state index in [-0.39, 0.29) is 0 Å². The number of benzene rings is 2. The maximum Gasteiger partial charge on any atom is 0.194 e. The van der Waals surface area contributed by atoms with Gasteiger partial charge in [-0.25, -0.2) is 0 Å². The first-order chi connectivity index (χ1) is 15.8. The zero-order valence-corrected chi connectivity index (χ0v) is 19.3. The van der Waals surface area contributed by atoms with Gasteiger partial charge < -0.3 is 24.6 Å². The number of rotatable bonds is 6. The van der Waals surface area contributed by atoms with E-state index in [1.54, 1.807) is 7.11 Å². The lowest BCUT2D eigenvalue weighted by Gasteiger charge is -2.38. The van der Waals surface area contributed by atoms with Crippen LogP contribution in [0.5, 0.6) is 5.75 Å². The molecule has 0 saturated carbocycles. The Kier molecular flexibility index (Phi) is 7.85. The van der Waals surface area contributed by atoms with Gasteiger partial charge >= 0.3 is 0 Å². The van der Waals surface area contributed by atoms with Crippen LogP contribution in [0.4, 0.5) is 5.69 Å². The first-order valence-electron chi connectivity index (χ1n) is 11.5. The first kappa shape index (κ1) is 22.4. The Labute approximate surface area is 191 Å². The quantitative estimate of drug-likeness (QED) is 0.553. The maximum atomic E-state index is 5.55. The summed E-state index contributed by atoms with van der Waals surface area (Å²) in [5.74, 6) is 1.89. The third kappa shape index (κ3) is 5.53. The van der Waals surface area contributed by atoms with Gasteiger partial charge in [-0.05, 0) is 23.3 Å². The number of methoxy groups -OCH3 is 1. The lowest BCUT2D eigenvalue weighted by molar-refractivity contribution is 0.0341. The van der Waals surface area contributed by atoms with Crippen molar-refractivity contribution in [2.45, 2.75) is 13.1 Å². The van der Waals surface area contributed by atoms with Gasteiger partial charge in [0.1, 0.15) is 5.75 Å². The van der Waals surface area contributed by atoms with E-state index in [1.165, 1.54) is 11.1 Å². The predicted molar refractivity (Wildman–Crippen MR) is 130 cm³/mol. The molecule has 2 aromatic carbocycles. The van der Waals surface area contributed by atoms with Crippen molar-refractivity contribution in [3.63, 3.8) is 0 Å². The van der Waals surface area contributed by atoms with Crippen LogP contribution in [0.15, 0.2) is 53.5 Å². The van der Waals surface area contributed by atoms with Crippen LogP contribution in [0.25, 0.3) is 0 Å². The Bertz CT molecular complexity index is 889. The fourth-order valence-electron chi connectivity index (χ4n) is 4.44. The molecule has 2 heterocycles. The van der Waals surface area contributed by atoms with Gasteiger partial charge in [-0.15, -0.1) is 0 Å². The lowest BCUT2D eigenvalue weighted by atomic mass is 10.1. The van der Waals surface area contributed by atoms with Gasteiger partial charge in [0, 0.05) is 59.4 Å². The van der Waals surface area contributed by atoms with Crippen LogP contribution in [0.2, 0.25) is 0 Å². The molecule has 2 saturated heterocycles. The Morgan fingerprint density at radius 2 is 1.62 bits per heavy atom. The van der Waals surface area contributed by atoms with Crippen LogP contribution in [0.3, 0.4) is 0 Å². The minimum atomic E-state index is 0.778. The second-order valence-corrected chi connectivity index (χ2v) is 8.20. The van der Waals surface area contributed by atoms with Crippen LogP contribution in [-0.2, 0) is 17.8 Å². The van der Waals surface area contributed by atoms with Crippen molar-refractivity contribution >= 4 is 11.6 Å². The summed E-state index contributed by atoms with van der Waals surface area (Å²) in [7, 11) is 3.60. The topological polar surface area (TPSA) is 52.6 Å². The molecular weight excluding hydrogens is 402 g/mol. The minimum Gasteiger partial charge on any atom is -0.495 e. The fraction of sp³-hybridized carbons (Fsp3) is 0.480. The smallest absolute Gasteiger partial charge is 0.194 e. The number of aliphatic imine (C=N–C) groups is 1. The number of nitrogens with zero attached hydrogens (tertiary/aromatic N) is 4. The SMILES string of the molecule is CN=C(NCc1ccccc1CN1CCOCC1)N1CCN(c2ccccc2OC)CC1. The molecule has 0 unspecified atom stereocenters. The van der Waals surface area contributed by atoms with Crippen LogP contribution in [-0.4, -0.2) is 82.4 Å². The summed E-state index contributed by atoms with van der Waals surface area (Å²) in [6.07, 6.45) is 0. The molecule has 0 amide bonds. The van der Waals surface area contributed by atoms with E-state index in [2.05, 4.69) is 61.4 Å². The standard InChI is InChI=1S/C25H35N5O2/c1-26-25(30-13-11-29(12-14-30)23-9-5-6-10-24(23)31-2)27-19-21-7-3-4-8-22(21)20-28-15-17-32-18-16-28/h3-10H,11-20H2,1-2H3,(H,26,27). The molecule has 1 N–H and O–H groups in total. The van der Waals surface area contributed by atoms with Gasteiger partial charge in [0.15, 0.2) is 5.96 Å². The normalized spacial score (nSPS) is 18.0. The molecule has 0 aliphatic carbocycles. The number of ether oxygens (including phenoxy) is 2.